The summed E-state index contributed by atoms with van der Waals surface area (Å²) in [6.07, 6.45) is -1.81. The van der Waals surface area contributed by atoms with Crippen LogP contribution in [0.2, 0.25) is 10.0 Å². The predicted octanol–water partition coefficient (Wildman–Crippen LogP) is 6.92. The minimum atomic E-state index is -5.02. The Kier molecular flexibility index (Phi) is 5.88. The number of nitrogens with zero attached hydrogens (tertiary/aromatic N) is 2. The molecular formula is C23H19Cl2F3N2O. The topological polar surface area (TPSA) is 32.7 Å². The maximum atomic E-state index is 13.4. The zero-order valence-corrected chi connectivity index (χ0v) is 18.0. The molecule has 8 heteroatoms. The van der Waals surface area contributed by atoms with Crippen LogP contribution in [0.5, 0.6) is 0 Å². The van der Waals surface area contributed by atoms with Crippen LogP contribution >= 0.6 is 23.2 Å². The van der Waals surface area contributed by atoms with Crippen LogP contribution in [0.4, 0.5) is 13.2 Å². The molecule has 3 unspecified atom stereocenters. The molecule has 2 aromatic rings. The molecule has 0 spiro atoms. The largest absolute Gasteiger partial charge is 0.473 e. The second-order valence-corrected chi connectivity index (χ2v) is 8.87. The molecule has 1 aliphatic heterocycles. The van der Waals surface area contributed by atoms with Gasteiger partial charge in [0.2, 0.25) is 0 Å². The molecule has 3 nitrogen and oxygen atoms in total. The Hall–Kier alpha value is -2.31. The summed E-state index contributed by atoms with van der Waals surface area (Å²) >= 11 is 11.9. The molecule has 1 amide bonds. The molecule has 0 aromatic heterocycles. The van der Waals surface area contributed by atoms with Crippen LogP contribution in [-0.2, 0) is 4.79 Å². The quantitative estimate of drug-likeness (QED) is 0.472. The van der Waals surface area contributed by atoms with Crippen molar-refractivity contribution < 1.29 is 18.0 Å². The van der Waals surface area contributed by atoms with Gasteiger partial charge in [0.05, 0.1) is 11.8 Å². The number of hydrogen-bond acceptors (Lipinski definition) is 2. The first kappa shape index (κ1) is 21.9. The number of carbonyl (C=O) groups is 1. The van der Waals surface area contributed by atoms with E-state index in [1.165, 1.54) is 0 Å². The maximum Gasteiger partial charge on any atom is 0.473 e. The minimum Gasteiger partial charge on any atom is -0.262 e. The van der Waals surface area contributed by atoms with Crippen molar-refractivity contribution in [3.63, 3.8) is 0 Å². The first-order valence-electron chi connectivity index (χ1n) is 9.84. The summed E-state index contributed by atoms with van der Waals surface area (Å²) in [4.78, 5) is 12.3. The van der Waals surface area contributed by atoms with Gasteiger partial charge in [-0.05, 0) is 65.8 Å². The van der Waals surface area contributed by atoms with Crippen molar-refractivity contribution in [1.29, 1.82) is 0 Å². The second kappa shape index (κ2) is 8.32. The Morgan fingerprint density at radius 3 is 2.23 bits per heavy atom. The summed E-state index contributed by atoms with van der Waals surface area (Å²) in [5.41, 5.74) is 2.82. The van der Waals surface area contributed by atoms with E-state index in [9.17, 15) is 18.0 Å². The van der Waals surface area contributed by atoms with E-state index in [0.29, 0.717) is 39.2 Å². The van der Waals surface area contributed by atoms with Crippen LogP contribution in [0, 0.1) is 11.8 Å². The van der Waals surface area contributed by atoms with Crippen molar-refractivity contribution in [2.24, 2.45) is 16.9 Å². The van der Waals surface area contributed by atoms with E-state index >= 15 is 0 Å². The zero-order valence-electron chi connectivity index (χ0n) is 16.5. The number of hydrazone groups is 1. The SMILES string of the molecule is CC1CC(=Cc2ccc(Cl)cc2)C2=NN(C(=O)C(F)(F)F)C(c3ccc(Cl)cc3)C2C1. The molecule has 2 aliphatic rings. The second-order valence-electron chi connectivity index (χ2n) is 8.00. The average Bonchev–Trinajstić information content (AvgIpc) is 3.08. The molecule has 4 rings (SSSR count). The van der Waals surface area contributed by atoms with Gasteiger partial charge in [-0.3, -0.25) is 4.79 Å². The number of fused-ring (bicyclic) bond motifs is 1. The van der Waals surface area contributed by atoms with Gasteiger partial charge >= 0.3 is 12.1 Å². The summed E-state index contributed by atoms with van der Waals surface area (Å²) in [7, 11) is 0. The Balaban J connectivity index is 1.80. The van der Waals surface area contributed by atoms with Crippen LogP contribution in [-0.4, -0.2) is 22.8 Å². The van der Waals surface area contributed by atoms with Crippen LogP contribution in [0.25, 0.3) is 6.08 Å². The van der Waals surface area contributed by atoms with E-state index in [4.69, 9.17) is 23.2 Å². The molecule has 1 heterocycles. The smallest absolute Gasteiger partial charge is 0.262 e. The molecule has 1 saturated carbocycles. The van der Waals surface area contributed by atoms with Crippen LogP contribution in [0.3, 0.4) is 0 Å². The molecular weight excluding hydrogens is 448 g/mol. The van der Waals surface area contributed by atoms with Gasteiger partial charge in [-0.15, -0.1) is 0 Å². The molecule has 0 bridgehead atoms. The van der Waals surface area contributed by atoms with Crippen molar-refractivity contribution in [2.45, 2.75) is 32.0 Å². The van der Waals surface area contributed by atoms with Crippen molar-refractivity contribution >= 4 is 40.9 Å². The molecule has 3 atom stereocenters. The normalized spacial score (nSPS) is 24.8. The molecule has 1 fully saturated rings. The van der Waals surface area contributed by atoms with E-state index in [2.05, 4.69) is 12.0 Å². The average molecular weight is 467 g/mol. The third kappa shape index (κ3) is 4.51. The number of halogens is 5. The number of alkyl halides is 3. The van der Waals surface area contributed by atoms with Gasteiger partial charge in [0.15, 0.2) is 0 Å². The van der Waals surface area contributed by atoms with Crippen LogP contribution < -0.4 is 0 Å². The molecule has 2 aromatic carbocycles. The summed E-state index contributed by atoms with van der Waals surface area (Å²) < 4.78 is 40.1. The summed E-state index contributed by atoms with van der Waals surface area (Å²) in [6.45, 7) is 2.06. The molecule has 31 heavy (non-hydrogen) atoms. The fraction of sp³-hybridized carbons (Fsp3) is 0.304. The first-order chi connectivity index (χ1) is 14.6. The maximum absolute atomic E-state index is 13.4. The highest BCUT2D eigenvalue weighted by Crippen LogP contribution is 2.47. The van der Waals surface area contributed by atoms with Gasteiger partial charge in [0, 0.05) is 16.0 Å². The van der Waals surface area contributed by atoms with Gasteiger partial charge in [0.1, 0.15) is 0 Å². The van der Waals surface area contributed by atoms with Gasteiger partial charge in [-0.25, -0.2) is 5.01 Å². The lowest BCUT2D eigenvalue weighted by Gasteiger charge is -2.32. The number of hydrogen-bond donors (Lipinski definition) is 0. The first-order valence-corrected chi connectivity index (χ1v) is 10.6. The monoisotopic (exact) mass is 466 g/mol. The van der Waals surface area contributed by atoms with Crippen molar-refractivity contribution in [1.82, 2.24) is 5.01 Å². The van der Waals surface area contributed by atoms with E-state index < -0.39 is 18.1 Å². The molecule has 0 radical (unpaired) electrons. The molecule has 0 N–H and O–H groups in total. The number of carbonyl (C=O) groups excluding carboxylic acids is 1. The molecule has 1 aliphatic carbocycles. The van der Waals surface area contributed by atoms with Crippen molar-refractivity contribution in [3.8, 4) is 0 Å². The van der Waals surface area contributed by atoms with Crippen molar-refractivity contribution in [3.05, 3.63) is 75.3 Å². The number of allylic oxidation sites excluding steroid dienone is 1. The highest BCUT2D eigenvalue weighted by molar-refractivity contribution is 6.30. The lowest BCUT2D eigenvalue weighted by atomic mass is 9.73. The van der Waals surface area contributed by atoms with Crippen LogP contribution in [0.15, 0.2) is 59.2 Å². The fourth-order valence-corrected chi connectivity index (χ4v) is 4.59. The fourth-order valence-electron chi connectivity index (χ4n) is 4.34. The van der Waals surface area contributed by atoms with E-state index in [0.717, 1.165) is 11.1 Å². The van der Waals surface area contributed by atoms with Crippen molar-refractivity contribution in [2.75, 3.05) is 0 Å². The summed E-state index contributed by atoms with van der Waals surface area (Å²) in [5.74, 6) is -2.08. The van der Waals surface area contributed by atoms with Gasteiger partial charge in [-0.1, -0.05) is 54.4 Å². The summed E-state index contributed by atoms with van der Waals surface area (Å²) in [5, 5.41) is 5.91. The number of amides is 1. The van der Waals surface area contributed by atoms with Gasteiger partial charge in [0.25, 0.3) is 0 Å². The predicted molar refractivity (Wildman–Crippen MR) is 116 cm³/mol. The van der Waals surface area contributed by atoms with E-state index in [1.54, 1.807) is 36.4 Å². The van der Waals surface area contributed by atoms with Gasteiger partial charge in [-0.2, -0.15) is 18.3 Å². The lowest BCUT2D eigenvalue weighted by molar-refractivity contribution is -0.188. The molecule has 0 saturated heterocycles. The highest BCUT2D eigenvalue weighted by Gasteiger charge is 2.52. The Morgan fingerprint density at radius 1 is 1.06 bits per heavy atom. The van der Waals surface area contributed by atoms with E-state index in [1.807, 2.05) is 18.2 Å². The Bertz CT molecular complexity index is 1050. The lowest BCUT2D eigenvalue weighted by Crippen LogP contribution is -2.40. The van der Waals surface area contributed by atoms with E-state index in [-0.39, 0.29) is 11.8 Å². The standard InChI is InChI=1S/C23H19Cl2F3N2O/c1-13-10-16(12-14-2-6-17(24)7-3-14)20-19(11-13)21(15-4-8-18(25)9-5-15)30(29-20)22(31)23(26,27)28/h2-9,12-13,19,21H,10-11H2,1H3. The Labute approximate surface area is 188 Å². The van der Waals surface area contributed by atoms with Gasteiger partial charge < -0.3 is 0 Å². The zero-order chi connectivity index (χ0) is 22.3. The highest BCUT2D eigenvalue weighted by atomic mass is 35.5. The van der Waals surface area contributed by atoms with Crippen LogP contribution in [0.1, 0.15) is 36.9 Å². The summed E-state index contributed by atoms with van der Waals surface area (Å²) in [6, 6.07) is 12.9. The third-order valence-electron chi connectivity index (χ3n) is 5.64. The number of rotatable bonds is 2. The molecule has 162 valence electrons. The third-order valence-corrected chi connectivity index (χ3v) is 6.14. The Morgan fingerprint density at radius 2 is 1.65 bits per heavy atom. The minimum absolute atomic E-state index is 0.221. The number of benzene rings is 2.